The Balaban J connectivity index is 2.32. The summed E-state index contributed by atoms with van der Waals surface area (Å²) < 4.78 is 0. The maximum Gasteiger partial charge on any atom is 0.0986 e. The lowest BCUT2D eigenvalue weighted by atomic mass is 9.93. The van der Waals surface area contributed by atoms with Gasteiger partial charge in [0.1, 0.15) is 0 Å². The van der Waals surface area contributed by atoms with E-state index in [-0.39, 0.29) is 6.04 Å². The fourth-order valence-electron chi connectivity index (χ4n) is 3.19. The van der Waals surface area contributed by atoms with Crippen molar-refractivity contribution < 1.29 is 5.11 Å². The van der Waals surface area contributed by atoms with Crippen molar-refractivity contribution >= 4 is 0 Å². The molecule has 2 nitrogen and oxygen atoms in total. The molecular formula is C22H31NO. The molecule has 0 saturated heterocycles. The van der Waals surface area contributed by atoms with Crippen molar-refractivity contribution in [2.45, 2.75) is 51.7 Å². The van der Waals surface area contributed by atoms with E-state index in [0.717, 1.165) is 31.5 Å². The lowest BCUT2D eigenvalue weighted by molar-refractivity contribution is 0.0450. The summed E-state index contributed by atoms with van der Waals surface area (Å²) in [4.78, 5) is 2.47. The van der Waals surface area contributed by atoms with Crippen LogP contribution in [0.4, 0.5) is 0 Å². The minimum absolute atomic E-state index is 0.00620. The van der Waals surface area contributed by atoms with Crippen LogP contribution in [0.25, 0.3) is 0 Å². The van der Waals surface area contributed by atoms with Gasteiger partial charge in [0.25, 0.3) is 0 Å². The second kappa shape index (κ2) is 10.3. The number of benzene rings is 2. The SMILES string of the molecule is CCCCN(CCCC)[C@H](c1ccccc1)[C@@H](O)c1ccccc1. The van der Waals surface area contributed by atoms with Gasteiger partial charge in [-0.3, -0.25) is 4.90 Å². The van der Waals surface area contributed by atoms with Crippen molar-refractivity contribution in [2.24, 2.45) is 0 Å². The molecule has 0 amide bonds. The molecule has 0 radical (unpaired) electrons. The first-order valence-corrected chi connectivity index (χ1v) is 9.30. The van der Waals surface area contributed by atoms with E-state index in [1.807, 2.05) is 36.4 Å². The lowest BCUT2D eigenvalue weighted by Gasteiger charge is -2.35. The molecule has 0 aliphatic carbocycles. The number of aliphatic hydroxyl groups excluding tert-OH is 1. The van der Waals surface area contributed by atoms with Gasteiger partial charge < -0.3 is 5.11 Å². The first-order chi connectivity index (χ1) is 11.8. The van der Waals surface area contributed by atoms with Crippen molar-refractivity contribution in [1.82, 2.24) is 4.90 Å². The second-order valence-corrected chi connectivity index (χ2v) is 6.45. The van der Waals surface area contributed by atoms with E-state index in [4.69, 9.17) is 0 Å². The molecule has 24 heavy (non-hydrogen) atoms. The number of nitrogens with zero attached hydrogens (tertiary/aromatic N) is 1. The van der Waals surface area contributed by atoms with E-state index in [1.165, 1.54) is 18.4 Å². The van der Waals surface area contributed by atoms with Gasteiger partial charge in [0.05, 0.1) is 12.1 Å². The number of hydrogen-bond donors (Lipinski definition) is 1. The number of unbranched alkanes of at least 4 members (excludes halogenated alkanes) is 2. The molecule has 2 aromatic rings. The van der Waals surface area contributed by atoms with Crippen LogP contribution in [0.5, 0.6) is 0 Å². The van der Waals surface area contributed by atoms with Crippen molar-refractivity contribution in [3.05, 3.63) is 71.8 Å². The van der Waals surface area contributed by atoms with E-state index < -0.39 is 6.10 Å². The Kier molecular flexibility index (Phi) is 8.00. The number of aliphatic hydroxyl groups is 1. The normalized spacial score (nSPS) is 13.8. The van der Waals surface area contributed by atoms with Gasteiger partial charge in [-0.05, 0) is 37.1 Å². The summed E-state index contributed by atoms with van der Waals surface area (Å²) in [6.45, 7) is 6.51. The lowest BCUT2D eigenvalue weighted by Crippen LogP contribution is -2.34. The van der Waals surface area contributed by atoms with Gasteiger partial charge in [0.15, 0.2) is 0 Å². The smallest absolute Gasteiger partial charge is 0.0986 e. The standard InChI is InChI=1S/C22H31NO/c1-3-5-17-23(18-6-4-2)21(19-13-9-7-10-14-19)22(24)20-15-11-8-12-16-20/h7-16,21-22,24H,3-6,17-18H2,1-2H3/t21-,22+/m1/s1. The van der Waals surface area contributed by atoms with Crippen LogP contribution in [0.1, 0.15) is 62.8 Å². The topological polar surface area (TPSA) is 23.5 Å². The quantitative estimate of drug-likeness (QED) is 0.635. The van der Waals surface area contributed by atoms with Gasteiger partial charge in [-0.1, -0.05) is 87.4 Å². The highest BCUT2D eigenvalue weighted by molar-refractivity contribution is 5.26. The Morgan fingerprint density at radius 3 is 1.67 bits per heavy atom. The zero-order chi connectivity index (χ0) is 17.2. The van der Waals surface area contributed by atoms with Gasteiger partial charge >= 0.3 is 0 Å². The van der Waals surface area contributed by atoms with Crippen LogP contribution >= 0.6 is 0 Å². The maximum absolute atomic E-state index is 11.2. The first-order valence-electron chi connectivity index (χ1n) is 9.30. The number of hydrogen-bond acceptors (Lipinski definition) is 2. The van der Waals surface area contributed by atoms with Crippen molar-refractivity contribution in [1.29, 1.82) is 0 Å². The largest absolute Gasteiger partial charge is 0.386 e. The molecule has 130 valence electrons. The van der Waals surface area contributed by atoms with Crippen LogP contribution in [-0.4, -0.2) is 23.1 Å². The van der Waals surface area contributed by atoms with E-state index in [9.17, 15) is 5.11 Å². The summed E-state index contributed by atoms with van der Waals surface area (Å²) in [6.07, 6.45) is 4.16. The van der Waals surface area contributed by atoms with E-state index in [2.05, 4.69) is 43.0 Å². The minimum Gasteiger partial charge on any atom is -0.386 e. The van der Waals surface area contributed by atoms with E-state index >= 15 is 0 Å². The van der Waals surface area contributed by atoms with Gasteiger partial charge in [0, 0.05) is 0 Å². The third kappa shape index (κ3) is 5.19. The van der Waals surface area contributed by atoms with Gasteiger partial charge in [-0.25, -0.2) is 0 Å². The molecule has 1 N–H and O–H groups in total. The van der Waals surface area contributed by atoms with Crippen LogP contribution < -0.4 is 0 Å². The third-order valence-corrected chi connectivity index (χ3v) is 4.57. The molecule has 0 spiro atoms. The van der Waals surface area contributed by atoms with Crippen LogP contribution in [-0.2, 0) is 0 Å². The van der Waals surface area contributed by atoms with Crippen LogP contribution in [0.3, 0.4) is 0 Å². The maximum atomic E-state index is 11.2. The second-order valence-electron chi connectivity index (χ2n) is 6.45. The molecule has 0 saturated carbocycles. The average molecular weight is 325 g/mol. The number of rotatable bonds is 10. The molecule has 2 heteroatoms. The average Bonchev–Trinajstić information content (AvgIpc) is 2.65. The zero-order valence-electron chi connectivity index (χ0n) is 15.1. The molecular weight excluding hydrogens is 294 g/mol. The Bertz CT molecular complexity index is 547. The van der Waals surface area contributed by atoms with Gasteiger partial charge in [-0.2, -0.15) is 0 Å². The van der Waals surface area contributed by atoms with Gasteiger partial charge in [0.2, 0.25) is 0 Å². The predicted molar refractivity (Wildman–Crippen MR) is 102 cm³/mol. The van der Waals surface area contributed by atoms with Gasteiger partial charge in [-0.15, -0.1) is 0 Å². The summed E-state index contributed by atoms with van der Waals surface area (Å²) in [5.41, 5.74) is 2.19. The molecule has 2 atom stereocenters. The fraction of sp³-hybridized carbons (Fsp3) is 0.455. The highest BCUT2D eigenvalue weighted by Crippen LogP contribution is 2.34. The van der Waals surface area contributed by atoms with Crippen molar-refractivity contribution in [3.8, 4) is 0 Å². The predicted octanol–water partition coefficient (Wildman–Crippen LogP) is 5.36. The first kappa shape index (κ1) is 18.7. The third-order valence-electron chi connectivity index (χ3n) is 4.57. The van der Waals surface area contributed by atoms with E-state index in [0.29, 0.717) is 0 Å². The molecule has 0 aliphatic rings. The molecule has 0 fully saturated rings. The molecule has 0 aliphatic heterocycles. The highest BCUT2D eigenvalue weighted by Gasteiger charge is 2.28. The summed E-state index contributed by atoms with van der Waals surface area (Å²) >= 11 is 0. The molecule has 0 heterocycles. The van der Waals surface area contributed by atoms with Crippen LogP contribution in [0.15, 0.2) is 60.7 Å². The molecule has 0 bridgehead atoms. The van der Waals surface area contributed by atoms with Crippen molar-refractivity contribution in [2.75, 3.05) is 13.1 Å². The monoisotopic (exact) mass is 325 g/mol. The molecule has 0 aromatic heterocycles. The summed E-state index contributed by atoms with van der Waals surface area (Å²) in [7, 11) is 0. The van der Waals surface area contributed by atoms with Crippen LogP contribution in [0, 0.1) is 0 Å². The minimum atomic E-state index is -0.512. The molecule has 0 unspecified atom stereocenters. The van der Waals surface area contributed by atoms with Crippen LogP contribution in [0.2, 0.25) is 0 Å². The Hall–Kier alpha value is -1.64. The summed E-state index contributed by atoms with van der Waals surface area (Å²) in [5, 5.41) is 11.2. The summed E-state index contributed by atoms with van der Waals surface area (Å²) in [6, 6.07) is 20.5. The highest BCUT2D eigenvalue weighted by atomic mass is 16.3. The summed E-state index contributed by atoms with van der Waals surface area (Å²) in [5.74, 6) is 0. The molecule has 2 rings (SSSR count). The Morgan fingerprint density at radius 2 is 1.21 bits per heavy atom. The Morgan fingerprint density at radius 1 is 0.750 bits per heavy atom. The zero-order valence-corrected chi connectivity index (χ0v) is 15.1. The fourth-order valence-corrected chi connectivity index (χ4v) is 3.19. The Labute approximate surface area is 147 Å². The van der Waals surface area contributed by atoms with Crippen molar-refractivity contribution in [3.63, 3.8) is 0 Å². The molecule has 2 aromatic carbocycles. The van der Waals surface area contributed by atoms with E-state index in [1.54, 1.807) is 0 Å².